The first kappa shape index (κ1) is 10.7. The van der Waals surface area contributed by atoms with Gasteiger partial charge in [0.25, 0.3) is 5.56 Å². The molecular weight excluding hydrogens is 226 g/mol. The van der Waals surface area contributed by atoms with Crippen molar-refractivity contribution in [3.05, 3.63) is 51.9 Å². The predicted molar refractivity (Wildman–Crippen MR) is 64.4 cm³/mol. The molecule has 0 radical (unpaired) electrons. The van der Waals surface area contributed by atoms with Crippen LogP contribution in [0.1, 0.15) is 0 Å². The molecular formula is C11H10ClN3O. The van der Waals surface area contributed by atoms with E-state index >= 15 is 0 Å². The van der Waals surface area contributed by atoms with E-state index in [0.717, 1.165) is 5.69 Å². The third kappa shape index (κ3) is 1.92. The lowest BCUT2D eigenvalue weighted by Crippen LogP contribution is -2.16. The van der Waals surface area contributed by atoms with Gasteiger partial charge in [0.1, 0.15) is 5.02 Å². The summed E-state index contributed by atoms with van der Waals surface area (Å²) in [6.45, 7) is 0. The number of nitrogens with one attached hydrogen (secondary N) is 1. The number of H-pyrrole nitrogens is 1. The largest absolute Gasteiger partial charge is 0.342 e. The number of anilines is 2. The Hall–Kier alpha value is -1.81. The molecule has 82 valence electrons. The molecule has 0 saturated carbocycles. The summed E-state index contributed by atoms with van der Waals surface area (Å²) < 4.78 is 0. The first-order chi connectivity index (χ1) is 7.70. The van der Waals surface area contributed by atoms with Gasteiger partial charge in [-0.25, -0.2) is 5.10 Å². The van der Waals surface area contributed by atoms with Crippen molar-refractivity contribution in [2.75, 3.05) is 11.9 Å². The summed E-state index contributed by atoms with van der Waals surface area (Å²) >= 11 is 5.91. The van der Waals surface area contributed by atoms with Crippen molar-refractivity contribution in [1.29, 1.82) is 0 Å². The second-order valence-corrected chi connectivity index (χ2v) is 3.67. The van der Waals surface area contributed by atoms with E-state index in [-0.39, 0.29) is 10.6 Å². The van der Waals surface area contributed by atoms with Crippen LogP contribution in [0.3, 0.4) is 0 Å². The van der Waals surface area contributed by atoms with Crippen molar-refractivity contribution in [1.82, 2.24) is 10.2 Å². The molecule has 0 saturated heterocycles. The Kier molecular flexibility index (Phi) is 2.92. The molecule has 0 fully saturated rings. The number of para-hydroxylation sites is 1. The molecule has 1 aromatic heterocycles. The summed E-state index contributed by atoms with van der Waals surface area (Å²) in [5, 5.41) is 6.15. The zero-order chi connectivity index (χ0) is 11.5. The molecule has 0 atom stereocenters. The highest BCUT2D eigenvalue weighted by atomic mass is 35.5. The van der Waals surface area contributed by atoms with Gasteiger partial charge in [-0.15, -0.1) is 0 Å². The van der Waals surface area contributed by atoms with Crippen molar-refractivity contribution in [2.45, 2.75) is 0 Å². The highest BCUT2D eigenvalue weighted by molar-refractivity contribution is 6.33. The van der Waals surface area contributed by atoms with Crippen LogP contribution >= 0.6 is 11.6 Å². The van der Waals surface area contributed by atoms with Crippen molar-refractivity contribution >= 4 is 23.0 Å². The molecule has 0 amide bonds. The zero-order valence-corrected chi connectivity index (χ0v) is 9.40. The lowest BCUT2D eigenvalue weighted by molar-refractivity contribution is 0.977. The number of hydrogen-bond donors (Lipinski definition) is 1. The Morgan fingerprint density at radius 3 is 2.69 bits per heavy atom. The number of halogens is 1. The molecule has 0 aliphatic carbocycles. The summed E-state index contributed by atoms with van der Waals surface area (Å²) in [5.41, 5.74) is 1.13. The number of benzene rings is 1. The quantitative estimate of drug-likeness (QED) is 0.868. The highest BCUT2D eigenvalue weighted by Crippen LogP contribution is 2.26. The minimum Gasteiger partial charge on any atom is -0.342 e. The van der Waals surface area contributed by atoms with Gasteiger partial charge in [0.2, 0.25) is 0 Å². The molecule has 0 aliphatic heterocycles. The Morgan fingerprint density at radius 1 is 1.31 bits per heavy atom. The van der Waals surface area contributed by atoms with E-state index in [4.69, 9.17) is 11.6 Å². The van der Waals surface area contributed by atoms with Crippen molar-refractivity contribution in [2.24, 2.45) is 0 Å². The van der Waals surface area contributed by atoms with Crippen LogP contribution in [0.5, 0.6) is 0 Å². The monoisotopic (exact) mass is 235 g/mol. The number of aromatic amines is 1. The van der Waals surface area contributed by atoms with E-state index in [2.05, 4.69) is 10.2 Å². The fourth-order valence-electron chi connectivity index (χ4n) is 1.40. The molecule has 5 heteroatoms. The van der Waals surface area contributed by atoms with Crippen LogP contribution in [0.25, 0.3) is 0 Å². The summed E-state index contributed by atoms with van der Waals surface area (Å²) in [6.07, 6.45) is 1.52. The number of hydrogen-bond acceptors (Lipinski definition) is 3. The second-order valence-electron chi connectivity index (χ2n) is 3.29. The Balaban J connectivity index is 2.46. The smallest absolute Gasteiger partial charge is 0.285 e. The van der Waals surface area contributed by atoms with Crippen LogP contribution in [-0.4, -0.2) is 17.2 Å². The lowest BCUT2D eigenvalue weighted by atomic mass is 10.3. The minimum absolute atomic E-state index is 0.140. The van der Waals surface area contributed by atoms with E-state index < -0.39 is 0 Å². The number of nitrogens with zero attached hydrogens (tertiary/aromatic N) is 2. The molecule has 1 aromatic carbocycles. The molecule has 2 aromatic rings. The summed E-state index contributed by atoms with van der Waals surface area (Å²) in [5.74, 6) is 0. The fraction of sp³-hybridized carbons (Fsp3) is 0.0909. The topological polar surface area (TPSA) is 49.0 Å². The van der Waals surface area contributed by atoms with Gasteiger partial charge in [0.15, 0.2) is 0 Å². The molecule has 1 N–H and O–H groups in total. The van der Waals surface area contributed by atoms with Gasteiger partial charge in [-0.1, -0.05) is 29.8 Å². The molecule has 4 nitrogen and oxygen atoms in total. The molecule has 0 aliphatic rings. The van der Waals surface area contributed by atoms with E-state index in [0.29, 0.717) is 5.69 Å². The van der Waals surface area contributed by atoms with E-state index in [1.54, 1.807) is 0 Å². The average molecular weight is 236 g/mol. The molecule has 1 heterocycles. The SMILES string of the molecule is CN(c1ccccc1)c1cn[nH]c(=O)c1Cl. The van der Waals surface area contributed by atoms with Crippen molar-refractivity contribution in [3.63, 3.8) is 0 Å². The normalized spacial score (nSPS) is 10.1. The predicted octanol–water partition coefficient (Wildman–Crippen LogP) is 2.19. The van der Waals surface area contributed by atoms with Gasteiger partial charge >= 0.3 is 0 Å². The van der Waals surface area contributed by atoms with Gasteiger partial charge in [-0.2, -0.15) is 5.10 Å². The maximum atomic E-state index is 11.3. The van der Waals surface area contributed by atoms with Gasteiger partial charge < -0.3 is 4.90 Å². The van der Waals surface area contributed by atoms with Crippen LogP contribution in [0.4, 0.5) is 11.4 Å². The molecule has 0 unspecified atom stereocenters. The molecule has 0 bridgehead atoms. The standard InChI is InChI=1S/C11H10ClN3O/c1-15(8-5-3-2-4-6-8)9-7-13-14-11(16)10(9)12/h2-7H,1H3,(H,14,16). The first-order valence-electron chi connectivity index (χ1n) is 4.72. The summed E-state index contributed by atoms with van der Waals surface area (Å²) in [7, 11) is 1.83. The molecule has 2 rings (SSSR count). The lowest BCUT2D eigenvalue weighted by Gasteiger charge is -2.19. The third-order valence-corrected chi connectivity index (χ3v) is 2.65. The van der Waals surface area contributed by atoms with Crippen LogP contribution in [0, 0.1) is 0 Å². The minimum atomic E-state index is -0.387. The van der Waals surface area contributed by atoms with Gasteiger partial charge in [0.05, 0.1) is 11.9 Å². The van der Waals surface area contributed by atoms with Crippen LogP contribution in [-0.2, 0) is 0 Å². The maximum Gasteiger partial charge on any atom is 0.285 e. The Labute approximate surface area is 97.5 Å². The van der Waals surface area contributed by atoms with E-state index in [9.17, 15) is 4.79 Å². The van der Waals surface area contributed by atoms with Crippen molar-refractivity contribution in [3.8, 4) is 0 Å². The average Bonchev–Trinajstić information content (AvgIpc) is 2.33. The van der Waals surface area contributed by atoms with Crippen molar-refractivity contribution < 1.29 is 0 Å². The van der Waals surface area contributed by atoms with Crippen LogP contribution in [0.15, 0.2) is 41.3 Å². The molecule has 16 heavy (non-hydrogen) atoms. The van der Waals surface area contributed by atoms with Gasteiger partial charge in [-0.3, -0.25) is 4.79 Å². The molecule has 0 spiro atoms. The van der Waals surface area contributed by atoms with Crippen LogP contribution in [0.2, 0.25) is 5.02 Å². The zero-order valence-electron chi connectivity index (χ0n) is 8.64. The third-order valence-electron chi connectivity index (χ3n) is 2.28. The number of aromatic nitrogens is 2. The van der Waals surface area contributed by atoms with E-state index in [1.165, 1.54) is 6.20 Å². The first-order valence-corrected chi connectivity index (χ1v) is 5.10. The van der Waals surface area contributed by atoms with Crippen LogP contribution < -0.4 is 10.5 Å². The van der Waals surface area contributed by atoms with Gasteiger partial charge in [-0.05, 0) is 12.1 Å². The highest BCUT2D eigenvalue weighted by Gasteiger charge is 2.10. The Bertz CT molecular complexity index is 538. The summed E-state index contributed by atoms with van der Waals surface area (Å²) in [6, 6.07) is 9.62. The maximum absolute atomic E-state index is 11.3. The van der Waals surface area contributed by atoms with Gasteiger partial charge in [0, 0.05) is 12.7 Å². The van der Waals surface area contributed by atoms with E-state index in [1.807, 2.05) is 42.3 Å². The second kappa shape index (κ2) is 4.37. The Morgan fingerprint density at radius 2 is 2.00 bits per heavy atom. The number of rotatable bonds is 2. The fourth-order valence-corrected chi connectivity index (χ4v) is 1.62. The summed E-state index contributed by atoms with van der Waals surface area (Å²) in [4.78, 5) is 13.1.